The summed E-state index contributed by atoms with van der Waals surface area (Å²) in [5, 5.41) is 6.98. The minimum atomic E-state index is -0.220. The standard InChI is InChI=1S/C15H21N3O/c1-5-11-16-14(19)13(17-18-15(2,3)4)12-9-7-6-8-10-12/h5-10,18H,1,11H2,2-4H3,(H,16,19). The predicted octanol–water partition coefficient (Wildman–Crippen LogP) is 2.08. The lowest BCUT2D eigenvalue weighted by Crippen LogP contribution is -2.37. The Kier molecular flexibility index (Phi) is 5.30. The maximum absolute atomic E-state index is 12.1. The largest absolute Gasteiger partial charge is 0.347 e. The van der Waals surface area contributed by atoms with E-state index in [0.717, 1.165) is 5.56 Å². The molecule has 0 fully saturated rings. The minimum Gasteiger partial charge on any atom is -0.347 e. The molecule has 0 aromatic heterocycles. The van der Waals surface area contributed by atoms with Crippen LogP contribution in [0.2, 0.25) is 0 Å². The monoisotopic (exact) mass is 259 g/mol. The van der Waals surface area contributed by atoms with Gasteiger partial charge in [0, 0.05) is 17.6 Å². The number of hydrogen-bond acceptors (Lipinski definition) is 3. The van der Waals surface area contributed by atoms with Crippen molar-refractivity contribution in [3.63, 3.8) is 0 Å². The van der Waals surface area contributed by atoms with Crippen molar-refractivity contribution >= 4 is 11.6 Å². The van der Waals surface area contributed by atoms with E-state index in [4.69, 9.17) is 0 Å². The van der Waals surface area contributed by atoms with Crippen LogP contribution in [-0.2, 0) is 4.79 Å². The van der Waals surface area contributed by atoms with Gasteiger partial charge in [0.15, 0.2) is 5.71 Å². The number of carbonyl (C=O) groups is 1. The van der Waals surface area contributed by atoms with Crippen molar-refractivity contribution in [2.75, 3.05) is 6.54 Å². The first-order chi connectivity index (χ1) is 8.94. The van der Waals surface area contributed by atoms with Crippen LogP contribution in [0.3, 0.4) is 0 Å². The molecule has 0 aliphatic heterocycles. The quantitative estimate of drug-likeness (QED) is 0.483. The van der Waals surface area contributed by atoms with Crippen LogP contribution < -0.4 is 10.7 Å². The molecule has 2 N–H and O–H groups in total. The molecular formula is C15H21N3O. The molecule has 0 aliphatic rings. The lowest BCUT2D eigenvalue weighted by molar-refractivity contribution is -0.114. The van der Waals surface area contributed by atoms with E-state index in [0.29, 0.717) is 12.3 Å². The van der Waals surface area contributed by atoms with Crippen molar-refractivity contribution in [2.24, 2.45) is 5.10 Å². The number of benzene rings is 1. The Bertz CT molecular complexity index is 458. The normalized spacial score (nSPS) is 11.8. The van der Waals surface area contributed by atoms with Gasteiger partial charge in [-0.25, -0.2) is 0 Å². The van der Waals surface area contributed by atoms with E-state index < -0.39 is 0 Å². The molecular weight excluding hydrogens is 238 g/mol. The molecule has 4 heteroatoms. The summed E-state index contributed by atoms with van der Waals surface area (Å²) in [5.41, 5.74) is 3.93. The lowest BCUT2D eigenvalue weighted by Gasteiger charge is -2.18. The SMILES string of the molecule is C=CCNC(=O)C(=NNC(C)(C)C)c1ccccc1. The van der Waals surface area contributed by atoms with E-state index in [-0.39, 0.29) is 11.4 Å². The molecule has 0 radical (unpaired) electrons. The zero-order chi connectivity index (χ0) is 14.3. The van der Waals surface area contributed by atoms with Gasteiger partial charge in [-0.1, -0.05) is 36.4 Å². The molecule has 0 aliphatic carbocycles. The Labute approximate surface area is 114 Å². The molecule has 102 valence electrons. The first-order valence-corrected chi connectivity index (χ1v) is 6.23. The van der Waals surface area contributed by atoms with Crippen LogP contribution in [0.5, 0.6) is 0 Å². The van der Waals surface area contributed by atoms with Gasteiger partial charge in [-0.3, -0.25) is 4.79 Å². The second-order valence-electron chi connectivity index (χ2n) is 5.19. The average molecular weight is 259 g/mol. The van der Waals surface area contributed by atoms with Gasteiger partial charge in [-0.2, -0.15) is 5.10 Å². The fourth-order valence-corrected chi connectivity index (χ4v) is 1.31. The molecule has 4 nitrogen and oxygen atoms in total. The number of nitrogens with zero attached hydrogens (tertiary/aromatic N) is 1. The highest BCUT2D eigenvalue weighted by atomic mass is 16.1. The summed E-state index contributed by atoms with van der Waals surface area (Å²) in [6.07, 6.45) is 1.64. The van der Waals surface area contributed by atoms with Gasteiger partial charge in [0.1, 0.15) is 0 Å². The molecule has 0 atom stereocenters. The molecule has 1 aromatic rings. The molecule has 0 saturated heterocycles. The van der Waals surface area contributed by atoms with Gasteiger partial charge < -0.3 is 10.7 Å². The van der Waals surface area contributed by atoms with Gasteiger partial charge in [0.05, 0.1) is 0 Å². The first kappa shape index (κ1) is 15.0. The molecule has 1 amide bonds. The summed E-state index contributed by atoms with van der Waals surface area (Å²) in [6.45, 7) is 9.96. The second-order valence-corrected chi connectivity index (χ2v) is 5.19. The maximum atomic E-state index is 12.1. The maximum Gasteiger partial charge on any atom is 0.272 e. The zero-order valence-corrected chi connectivity index (χ0v) is 11.7. The van der Waals surface area contributed by atoms with E-state index in [2.05, 4.69) is 22.4 Å². The molecule has 19 heavy (non-hydrogen) atoms. The van der Waals surface area contributed by atoms with Crippen LogP contribution in [0.15, 0.2) is 48.1 Å². The summed E-state index contributed by atoms with van der Waals surface area (Å²) in [4.78, 5) is 12.1. The average Bonchev–Trinajstić information content (AvgIpc) is 2.36. The number of hydrogen-bond donors (Lipinski definition) is 2. The van der Waals surface area contributed by atoms with E-state index in [1.165, 1.54) is 0 Å². The molecule has 1 aromatic carbocycles. The highest BCUT2D eigenvalue weighted by Crippen LogP contribution is 2.04. The summed E-state index contributed by atoms with van der Waals surface area (Å²) < 4.78 is 0. The van der Waals surface area contributed by atoms with Gasteiger partial charge >= 0.3 is 0 Å². The van der Waals surface area contributed by atoms with Crippen molar-refractivity contribution in [2.45, 2.75) is 26.3 Å². The van der Waals surface area contributed by atoms with Crippen molar-refractivity contribution in [3.05, 3.63) is 48.6 Å². The highest BCUT2D eigenvalue weighted by Gasteiger charge is 2.15. The van der Waals surface area contributed by atoms with Crippen molar-refractivity contribution in [1.82, 2.24) is 10.7 Å². The van der Waals surface area contributed by atoms with Crippen LogP contribution in [0.4, 0.5) is 0 Å². The van der Waals surface area contributed by atoms with Crippen LogP contribution >= 0.6 is 0 Å². The molecule has 0 bridgehead atoms. The number of hydrazone groups is 1. The fraction of sp³-hybridized carbons (Fsp3) is 0.333. The first-order valence-electron chi connectivity index (χ1n) is 6.23. The summed E-state index contributed by atoms with van der Waals surface area (Å²) in [7, 11) is 0. The van der Waals surface area contributed by atoms with E-state index in [9.17, 15) is 4.79 Å². The Morgan fingerprint density at radius 2 is 1.95 bits per heavy atom. The Morgan fingerprint density at radius 3 is 2.47 bits per heavy atom. The lowest BCUT2D eigenvalue weighted by atomic mass is 10.1. The third-order valence-electron chi connectivity index (χ3n) is 2.17. The highest BCUT2D eigenvalue weighted by molar-refractivity contribution is 6.45. The van der Waals surface area contributed by atoms with E-state index >= 15 is 0 Å². The molecule has 1 rings (SSSR count). The smallest absolute Gasteiger partial charge is 0.272 e. The van der Waals surface area contributed by atoms with Gasteiger partial charge in [0.25, 0.3) is 5.91 Å². The van der Waals surface area contributed by atoms with Crippen molar-refractivity contribution in [1.29, 1.82) is 0 Å². The third kappa shape index (κ3) is 5.38. The topological polar surface area (TPSA) is 53.5 Å². The van der Waals surface area contributed by atoms with E-state index in [1.54, 1.807) is 6.08 Å². The van der Waals surface area contributed by atoms with Crippen LogP contribution in [0.1, 0.15) is 26.3 Å². The number of rotatable bonds is 5. The van der Waals surface area contributed by atoms with E-state index in [1.807, 2.05) is 51.1 Å². The number of nitrogens with one attached hydrogen (secondary N) is 2. The van der Waals surface area contributed by atoms with Crippen LogP contribution in [0.25, 0.3) is 0 Å². The Hall–Kier alpha value is -2.10. The predicted molar refractivity (Wildman–Crippen MR) is 79.1 cm³/mol. The van der Waals surface area contributed by atoms with Crippen LogP contribution in [0, 0.1) is 0 Å². The molecule has 0 unspecified atom stereocenters. The summed E-state index contributed by atoms with van der Waals surface area (Å²) in [5.74, 6) is -0.220. The van der Waals surface area contributed by atoms with Gasteiger partial charge in [-0.05, 0) is 20.8 Å². The van der Waals surface area contributed by atoms with Gasteiger partial charge in [0.2, 0.25) is 0 Å². The third-order valence-corrected chi connectivity index (χ3v) is 2.17. The molecule has 0 saturated carbocycles. The zero-order valence-electron chi connectivity index (χ0n) is 11.7. The Balaban J connectivity index is 2.97. The molecule has 0 spiro atoms. The van der Waals surface area contributed by atoms with Crippen LogP contribution in [-0.4, -0.2) is 23.7 Å². The summed E-state index contributed by atoms with van der Waals surface area (Å²) >= 11 is 0. The summed E-state index contributed by atoms with van der Waals surface area (Å²) in [6, 6.07) is 9.37. The molecule has 0 heterocycles. The Morgan fingerprint density at radius 1 is 1.32 bits per heavy atom. The van der Waals surface area contributed by atoms with Crippen molar-refractivity contribution < 1.29 is 4.79 Å². The number of carbonyl (C=O) groups excluding carboxylic acids is 1. The fourth-order valence-electron chi connectivity index (χ4n) is 1.31. The van der Waals surface area contributed by atoms with Crippen molar-refractivity contribution in [3.8, 4) is 0 Å². The number of amides is 1. The van der Waals surface area contributed by atoms with Gasteiger partial charge in [-0.15, -0.1) is 6.58 Å². The second kappa shape index (κ2) is 6.73. The minimum absolute atomic E-state index is 0.196.